The average Bonchev–Trinajstić information content (AvgIpc) is 2.58. The van der Waals surface area contributed by atoms with Crippen LogP contribution in [0, 0.1) is 0 Å². The molecule has 2 aromatic carbocycles. The lowest BCUT2D eigenvalue weighted by Gasteiger charge is -2.31. The predicted octanol–water partition coefficient (Wildman–Crippen LogP) is 3.03. The lowest BCUT2D eigenvalue weighted by Crippen LogP contribution is -2.38. The van der Waals surface area contributed by atoms with Crippen molar-refractivity contribution in [2.75, 3.05) is 36.4 Å². The van der Waals surface area contributed by atoms with Gasteiger partial charge in [0.05, 0.1) is 11.4 Å². The molecule has 2 aromatic rings. The van der Waals surface area contributed by atoms with Gasteiger partial charge in [0.1, 0.15) is 6.73 Å². The summed E-state index contributed by atoms with van der Waals surface area (Å²) >= 11 is 1.62. The summed E-state index contributed by atoms with van der Waals surface area (Å²) in [4.78, 5) is 16.0. The molecule has 0 aromatic heterocycles. The number of anilines is 4. The summed E-state index contributed by atoms with van der Waals surface area (Å²) in [5, 5.41) is 17.7. The van der Waals surface area contributed by atoms with E-state index < -0.39 is 6.73 Å². The zero-order valence-corrected chi connectivity index (χ0v) is 13.7. The van der Waals surface area contributed by atoms with E-state index in [1.165, 1.54) is 0 Å². The summed E-state index contributed by atoms with van der Waals surface area (Å²) in [7, 11) is 3.72. The highest BCUT2D eigenvalue weighted by Crippen LogP contribution is 2.49. The van der Waals surface area contributed by atoms with Crippen LogP contribution in [0.1, 0.15) is 0 Å². The number of urea groups is 1. The number of benzene rings is 2. The summed E-state index contributed by atoms with van der Waals surface area (Å²) < 4.78 is 0. The largest absolute Gasteiger partial charge is 0.388 e. The zero-order valence-electron chi connectivity index (χ0n) is 12.9. The Morgan fingerprint density at radius 3 is 2.00 bits per heavy atom. The fourth-order valence-corrected chi connectivity index (χ4v) is 3.62. The fourth-order valence-electron chi connectivity index (χ4n) is 2.49. The van der Waals surface area contributed by atoms with Gasteiger partial charge in [0.25, 0.3) is 0 Å². The number of amides is 2. The second kappa shape index (κ2) is 6.39. The molecule has 0 saturated heterocycles. The van der Waals surface area contributed by atoms with Crippen molar-refractivity contribution in [2.45, 2.75) is 9.79 Å². The molecule has 0 bridgehead atoms. The van der Waals surface area contributed by atoms with E-state index in [4.69, 9.17) is 5.11 Å². The maximum Gasteiger partial charge on any atom is 0.328 e. The van der Waals surface area contributed by atoms with Crippen molar-refractivity contribution in [1.29, 1.82) is 0 Å². The van der Waals surface area contributed by atoms with Gasteiger partial charge in [0.2, 0.25) is 0 Å². The molecule has 0 radical (unpaired) electrons. The van der Waals surface area contributed by atoms with E-state index in [-0.39, 0.29) is 6.03 Å². The second-order valence-corrected chi connectivity index (χ2v) is 6.03. The van der Waals surface area contributed by atoms with E-state index >= 15 is 0 Å². The molecule has 1 aliphatic heterocycles. The minimum Gasteiger partial charge on any atom is -0.388 e. The molecule has 4 N–H and O–H groups in total. The van der Waals surface area contributed by atoms with Crippen LogP contribution in [0.2, 0.25) is 0 Å². The third-order valence-corrected chi connectivity index (χ3v) is 4.73. The Kier molecular flexibility index (Phi) is 4.31. The zero-order chi connectivity index (χ0) is 16.4. The van der Waals surface area contributed by atoms with Crippen molar-refractivity contribution in [3.63, 3.8) is 0 Å². The van der Waals surface area contributed by atoms with Gasteiger partial charge < -0.3 is 21.1 Å². The maximum absolute atomic E-state index is 12.4. The van der Waals surface area contributed by atoms with Crippen molar-refractivity contribution < 1.29 is 9.90 Å². The minimum absolute atomic E-state index is 0.357. The van der Waals surface area contributed by atoms with Crippen LogP contribution in [-0.4, -0.2) is 32.0 Å². The Morgan fingerprint density at radius 2 is 1.57 bits per heavy atom. The Hall–Kier alpha value is -2.38. The normalized spacial score (nSPS) is 12.2. The quantitative estimate of drug-likeness (QED) is 0.651. The Morgan fingerprint density at radius 1 is 1.04 bits per heavy atom. The summed E-state index contributed by atoms with van der Waals surface area (Å²) in [6, 6.07) is 11.3. The van der Waals surface area contributed by atoms with Crippen LogP contribution in [0.25, 0.3) is 0 Å². The standard InChI is InChI=1S/C16H18N4O2S/c1-17-10-3-5-12-14(7-10)23-15-8-11(18-2)4-6-13(15)20(12)16(22)19-9-21/h3-8,17-18,21H,9H2,1-2H3,(H,19,22). The number of hydrogen-bond donors (Lipinski definition) is 4. The fraction of sp³-hybridized carbons (Fsp3) is 0.188. The van der Waals surface area contributed by atoms with Gasteiger partial charge in [0.15, 0.2) is 0 Å². The number of rotatable bonds is 3. The first-order valence-electron chi connectivity index (χ1n) is 7.18. The Bertz CT molecular complexity index is 697. The lowest BCUT2D eigenvalue weighted by atomic mass is 10.2. The molecule has 0 saturated carbocycles. The highest BCUT2D eigenvalue weighted by Gasteiger charge is 2.28. The molecule has 0 spiro atoms. The number of nitrogens with one attached hydrogen (secondary N) is 3. The Balaban J connectivity index is 2.13. The van der Waals surface area contributed by atoms with Crippen LogP contribution in [0.4, 0.5) is 27.5 Å². The predicted molar refractivity (Wildman–Crippen MR) is 93.9 cm³/mol. The topological polar surface area (TPSA) is 76.6 Å². The molecular formula is C16H18N4O2S. The van der Waals surface area contributed by atoms with Gasteiger partial charge in [-0.2, -0.15) is 0 Å². The summed E-state index contributed by atoms with van der Waals surface area (Å²) in [6.45, 7) is -0.406. The molecule has 23 heavy (non-hydrogen) atoms. The van der Waals surface area contributed by atoms with E-state index in [0.29, 0.717) is 0 Å². The first-order chi connectivity index (χ1) is 11.2. The van der Waals surface area contributed by atoms with Gasteiger partial charge in [-0.1, -0.05) is 11.8 Å². The van der Waals surface area contributed by atoms with E-state index in [1.807, 2.05) is 50.5 Å². The minimum atomic E-state index is -0.406. The monoisotopic (exact) mass is 330 g/mol. The van der Waals surface area contributed by atoms with E-state index in [9.17, 15) is 4.79 Å². The molecule has 1 heterocycles. The molecule has 1 aliphatic rings. The van der Waals surface area contributed by atoms with Crippen LogP contribution in [0.5, 0.6) is 0 Å². The molecular weight excluding hydrogens is 312 g/mol. The first-order valence-corrected chi connectivity index (χ1v) is 8.00. The summed E-state index contributed by atoms with van der Waals surface area (Å²) in [5.74, 6) is 0. The number of nitrogens with zero attached hydrogens (tertiary/aromatic N) is 1. The maximum atomic E-state index is 12.4. The van der Waals surface area contributed by atoms with Crippen molar-refractivity contribution in [1.82, 2.24) is 5.32 Å². The third-order valence-electron chi connectivity index (χ3n) is 3.63. The SMILES string of the molecule is CNc1ccc2c(c1)Sc1cc(NC)ccc1N2C(=O)NCO. The first kappa shape index (κ1) is 15.5. The smallest absolute Gasteiger partial charge is 0.328 e. The highest BCUT2D eigenvalue weighted by atomic mass is 32.2. The average molecular weight is 330 g/mol. The van der Waals surface area contributed by atoms with Gasteiger partial charge in [0, 0.05) is 35.3 Å². The molecule has 0 aliphatic carbocycles. The number of fused-ring (bicyclic) bond motifs is 2. The van der Waals surface area contributed by atoms with Crippen molar-refractivity contribution in [3.05, 3.63) is 36.4 Å². The molecule has 120 valence electrons. The van der Waals surface area contributed by atoms with Crippen LogP contribution in [0.3, 0.4) is 0 Å². The molecule has 0 unspecified atom stereocenters. The van der Waals surface area contributed by atoms with Crippen molar-refractivity contribution in [2.24, 2.45) is 0 Å². The van der Waals surface area contributed by atoms with E-state index in [2.05, 4.69) is 16.0 Å². The summed E-state index contributed by atoms with van der Waals surface area (Å²) in [5.41, 5.74) is 3.55. The molecule has 6 nitrogen and oxygen atoms in total. The summed E-state index contributed by atoms with van der Waals surface area (Å²) in [6.07, 6.45) is 0. The molecule has 0 atom stereocenters. The van der Waals surface area contributed by atoms with Crippen LogP contribution in [-0.2, 0) is 0 Å². The number of hydrogen-bond acceptors (Lipinski definition) is 5. The van der Waals surface area contributed by atoms with Crippen molar-refractivity contribution in [3.8, 4) is 0 Å². The lowest BCUT2D eigenvalue weighted by molar-refractivity contribution is 0.224. The van der Waals surface area contributed by atoms with Crippen LogP contribution < -0.4 is 20.9 Å². The number of carbonyl (C=O) groups excluding carboxylic acids is 1. The van der Waals surface area contributed by atoms with Gasteiger partial charge in [-0.3, -0.25) is 4.90 Å². The van der Waals surface area contributed by atoms with E-state index in [0.717, 1.165) is 32.5 Å². The Labute approximate surface area is 138 Å². The van der Waals surface area contributed by atoms with E-state index in [1.54, 1.807) is 16.7 Å². The number of aliphatic hydroxyl groups excluding tert-OH is 1. The van der Waals surface area contributed by atoms with Gasteiger partial charge in [-0.15, -0.1) is 0 Å². The molecule has 3 rings (SSSR count). The third kappa shape index (κ3) is 2.80. The van der Waals surface area contributed by atoms with Crippen molar-refractivity contribution >= 4 is 40.5 Å². The number of aliphatic hydroxyl groups is 1. The van der Waals surface area contributed by atoms with Gasteiger partial charge in [-0.05, 0) is 36.4 Å². The number of carbonyl (C=O) groups is 1. The van der Waals surface area contributed by atoms with Crippen LogP contribution in [0.15, 0.2) is 46.2 Å². The van der Waals surface area contributed by atoms with Gasteiger partial charge in [-0.25, -0.2) is 4.79 Å². The highest BCUT2D eigenvalue weighted by molar-refractivity contribution is 7.99. The van der Waals surface area contributed by atoms with Gasteiger partial charge >= 0.3 is 6.03 Å². The molecule has 2 amide bonds. The molecule has 7 heteroatoms. The molecule has 0 fully saturated rings. The second-order valence-electron chi connectivity index (χ2n) is 4.94. The van der Waals surface area contributed by atoms with Crippen LogP contribution >= 0.6 is 11.8 Å².